The van der Waals surface area contributed by atoms with Crippen LogP contribution in [0, 0.1) is 6.92 Å². The van der Waals surface area contributed by atoms with Gasteiger partial charge in [-0.05, 0) is 46.2 Å². The Morgan fingerprint density at radius 2 is 1.84 bits per heavy atom. The molecule has 134 valence electrons. The number of amides is 1. The Hall–Kier alpha value is -1.13. The van der Waals surface area contributed by atoms with Crippen LogP contribution in [0.25, 0.3) is 0 Å². The first kappa shape index (κ1) is 21.9. The largest absolute Gasteiger partial charge is 0.496 e. The van der Waals surface area contributed by atoms with Gasteiger partial charge in [0.1, 0.15) is 11.4 Å². The zero-order chi connectivity index (χ0) is 18.2. The predicted octanol–water partition coefficient (Wildman–Crippen LogP) is 4.19. The van der Waals surface area contributed by atoms with E-state index in [4.69, 9.17) is 21.1 Å². The molecule has 2 rings (SSSR count). The zero-order valence-corrected chi connectivity index (χ0v) is 19.5. The van der Waals surface area contributed by atoms with Crippen molar-refractivity contribution in [1.29, 1.82) is 0 Å². The first-order valence-corrected chi connectivity index (χ1v) is 8.28. The molecule has 1 heterocycles. The molecule has 1 aromatic rings. The Kier molecular flexibility index (Phi) is 7.06. The molecular weight excluding hydrogens is 395 g/mol. The van der Waals surface area contributed by atoms with Gasteiger partial charge >= 0.3 is 6.09 Å². The maximum Gasteiger partial charge on any atom is 0.410 e. The third kappa shape index (κ3) is 4.74. The average Bonchev–Trinajstić information content (AvgIpc) is 2.39. The van der Waals surface area contributed by atoms with Gasteiger partial charge in [-0.2, -0.15) is 0 Å². The van der Waals surface area contributed by atoms with Crippen molar-refractivity contribution >= 4 is 23.5 Å². The van der Waals surface area contributed by atoms with Crippen molar-refractivity contribution in [2.75, 3.05) is 20.2 Å². The van der Waals surface area contributed by atoms with Crippen LogP contribution in [0.5, 0.6) is 5.75 Å². The Balaban J connectivity index is 0.00000312. The summed E-state index contributed by atoms with van der Waals surface area (Å²) >= 11 is 6.29. The van der Waals surface area contributed by atoms with Gasteiger partial charge in [0.05, 0.1) is 12.7 Å². The predicted molar refractivity (Wildman–Crippen MR) is 93.3 cm³/mol. The van der Waals surface area contributed by atoms with Crippen LogP contribution >= 0.6 is 11.6 Å². The Morgan fingerprint density at radius 1 is 1.28 bits per heavy atom. The standard InChI is InChI=1S/C18H24ClNO4.Zn/c1-10-14(19)7-13(11(2)21)16(23-6)15(10)12-8-20(9-12)17(22)24-18(3,4)5;/h7,12H,8-9H2,1-6H3;. The maximum atomic E-state index is 12.1. The molecule has 0 radical (unpaired) electrons. The van der Waals surface area contributed by atoms with Gasteiger partial charge in [-0.25, -0.2) is 4.79 Å². The van der Waals surface area contributed by atoms with Gasteiger partial charge in [-0.1, -0.05) is 11.6 Å². The van der Waals surface area contributed by atoms with E-state index in [1.165, 1.54) is 6.92 Å². The van der Waals surface area contributed by atoms with Crippen molar-refractivity contribution < 1.29 is 38.5 Å². The van der Waals surface area contributed by atoms with Crippen molar-refractivity contribution in [3.63, 3.8) is 0 Å². The van der Waals surface area contributed by atoms with Gasteiger partial charge in [-0.15, -0.1) is 0 Å². The molecule has 1 saturated heterocycles. The van der Waals surface area contributed by atoms with Gasteiger partial charge in [0.25, 0.3) is 0 Å². The summed E-state index contributed by atoms with van der Waals surface area (Å²) in [5, 5.41) is 0.534. The summed E-state index contributed by atoms with van der Waals surface area (Å²) in [4.78, 5) is 25.6. The quantitative estimate of drug-likeness (QED) is 0.545. The first-order chi connectivity index (χ1) is 11.0. The number of methoxy groups -OCH3 is 1. The number of benzene rings is 1. The van der Waals surface area contributed by atoms with Gasteiger partial charge in [0.15, 0.2) is 5.78 Å². The number of likely N-dealkylation sites (tertiary alicyclic amines) is 1. The van der Waals surface area contributed by atoms with Crippen LogP contribution in [0.2, 0.25) is 5.02 Å². The molecule has 0 N–H and O–H groups in total. The second-order valence-electron chi connectivity index (χ2n) is 7.12. The summed E-state index contributed by atoms with van der Waals surface area (Å²) in [5.74, 6) is 0.529. The fourth-order valence-corrected chi connectivity index (χ4v) is 3.07. The number of carbonyl (C=O) groups is 2. The number of ketones is 1. The van der Waals surface area contributed by atoms with Crippen molar-refractivity contribution in [2.24, 2.45) is 0 Å². The third-order valence-electron chi connectivity index (χ3n) is 4.05. The second-order valence-corrected chi connectivity index (χ2v) is 7.52. The van der Waals surface area contributed by atoms with Crippen LogP contribution in [0.4, 0.5) is 4.79 Å². The van der Waals surface area contributed by atoms with E-state index in [0.717, 1.165) is 11.1 Å². The van der Waals surface area contributed by atoms with Gasteiger partial charge < -0.3 is 14.4 Å². The van der Waals surface area contributed by atoms with Crippen molar-refractivity contribution in [2.45, 2.75) is 46.1 Å². The summed E-state index contributed by atoms with van der Waals surface area (Å²) in [6.07, 6.45) is -0.329. The van der Waals surface area contributed by atoms with Crippen molar-refractivity contribution in [3.05, 3.63) is 27.8 Å². The van der Waals surface area contributed by atoms with Gasteiger partial charge in [0.2, 0.25) is 0 Å². The number of halogens is 1. The van der Waals surface area contributed by atoms with E-state index in [2.05, 4.69) is 0 Å². The average molecular weight is 419 g/mol. The molecule has 1 aliphatic heterocycles. The van der Waals surface area contributed by atoms with Crippen LogP contribution in [0.3, 0.4) is 0 Å². The molecule has 0 saturated carbocycles. The molecule has 0 bridgehead atoms. The van der Waals surface area contributed by atoms with Crippen molar-refractivity contribution in [3.8, 4) is 5.75 Å². The number of hydrogen-bond donors (Lipinski definition) is 0. The Labute approximate surface area is 166 Å². The van der Waals surface area contributed by atoms with E-state index in [0.29, 0.717) is 29.4 Å². The van der Waals surface area contributed by atoms with Crippen molar-refractivity contribution in [1.82, 2.24) is 4.90 Å². The molecular formula is C18H24ClNO4Zn. The number of Topliss-reactive ketones (excluding diaryl/α,β-unsaturated/α-hetero) is 1. The van der Waals surface area contributed by atoms with E-state index >= 15 is 0 Å². The number of hydrogen-bond acceptors (Lipinski definition) is 4. The van der Waals surface area contributed by atoms with Crippen LogP contribution in [-0.4, -0.2) is 42.6 Å². The smallest absolute Gasteiger partial charge is 0.410 e. The molecule has 1 aromatic carbocycles. The first-order valence-electron chi connectivity index (χ1n) is 7.91. The minimum Gasteiger partial charge on any atom is -0.496 e. The molecule has 0 aliphatic carbocycles. The summed E-state index contributed by atoms with van der Waals surface area (Å²) < 4.78 is 10.9. The summed E-state index contributed by atoms with van der Waals surface area (Å²) in [6, 6.07) is 1.64. The Bertz CT molecular complexity index is 679. The van der Waals surface area contributed by atoms with E-state index in [-0.39, 0.29) is 37.3 Å². The molecule has 0 spiro atoms. The summed E-state index contributed by atoms with van der Waals surface area (Å²) in [6.45, 7) is 9.94. The summed E-state index contributed by atoms with van der Waals surface area (Å²) in [5.41, 5.74) is 1.73. The fraction of sp³-hybridized carbons (Fsp3) is 0.556. The van der Waals surface area contributed by atoms with Crippen LogP contribution in [0.15, 0.2) is 6.07 Å². The van der Waals surface area contributed by atoms with E-state index < -0.39 is 5.60 Å². The third-order valence-corrected chi connectivity index (χ3v) is 4.44. The summed E-state index contributed by atoms with van der Waals surface area (Å²) in [7, 11) is 1.54. The molecule has 1 amide bonds. The minimum atomic E-state index is -0.520. The van der Waals surface area contributed by atoms with E-state index in [1.54, 1.807) is 18.1 Å². The fourth-order valence-electron chi connectivity index (χ4n) is 2.85. The topological polar surface area (TPSA) is 55.8 Å². The maximum absolute atomic E-state index is 12.1. The SMILES string of the molecule is COc1c(C(C)=O)cc(Cl)c(C)c1C1CN(C(=O)OC(C)(C)C)C1.[Zn]. The molecule has 0 atom stereocenters. The number of rotatable bonds is 3. The van der Waals surface area contributed by atoms with Crippen LogP contribution in [0.1, 0.15) is 55.1 Å². The van der Waals surface area contributed by atoms with Gasteiger partial charge in [-0.3, -0.25) is 4.79 Å². The Morgan fingerprint density at radius 3 is 2.28 bits per heavy atom. The number of nitrogens with zero attached hydrogens (tertiary/aromatic N) is 1. The van der Waals surface area contributed by atoms with Crippen LogP contribution in [-0.2, 0) is 24.2 Å². The molecule has 0 unspecified atom stereocenters. The van der Waals surface area contributed by atoms with Crippen LogP contribution < -0.4 is 4.74 Å². The molecule has 25 heavy (non-hydrogen) atoms. The second kappa shape index (κ2) is 8.05. The monoisotopic (exact) mass is 417 g/mol. The number of carbonyl (C=O) groups excluding carboxylic acids is 2. The molecule has 1 fully saturated rings. The zero-order valence-electron chi connectivity index (χ0n) is 15.7. The number of ether oxygens (including phenoxy) is 2. The molecule has 7 heteroatoms. The molecule has 1 aliphatic rings. The molecule has 5 nitrogen and oxygen atoms in total. The van der Waals surface area contributed by atoms with E-state index in [9.17, 15) is 9.59 Å². The van der Waals surface area contributed by atoms with Gasteiger partial charge in [0, 0.05) is 49.1 Å². The normalized spacial score (nSPS) is 14.4. The molecule has 0 aromatic heterocycles. The minimum absolute atomic E-state index is 0. The van der Waals surface area contributed by atoms with E-state index in [1.807, 2.05) is 27.7 Å².